The molecule has 1 aromatic heterocycles. The van der Waals surface area contributed by atoms with E-state index in [4.69, 9.17) is 4.74 Å². The first-order valence-corrected chi connectivity index (χ1v) is 9.09. The Kier molecular flexibility index (Phi) is 4.28. The van der Waals surface area contributed by atoms with Gasteiger partial charge < -0.3 is 9.64 Å². The summed E-state index contributed by atoms with van der Waals surface area (Å²) in [7, 11) is 1.64. The molecule has 1 aliphatic heterocycles. The highest BCUT2D eigenvalue weighted by molar-refractivity contribution is 5.63. The summed E-state index contributed by atoms with van der Waals surface area (Å²) in [6.07, 6.45) is 5.99. The molecule has 1 aromatic carbocycles. The molecule has 1 aliphatic carbocycles. The fraction of sp³-hybridized carbons (Fsp3) is 0.476. The number of benzene rings is 1. The van der Waals surface area contributed by atoms with Gasteiger partial charge in [-0.3, -0.25) is 0 Å². The third-order valence-electron chi connectivity index (χ3n) is 5.70. The summed E-state index contributed by atoms with van der Waals surface area (Å²) >= 11 is 0. The van der Waals surface area contributed by atoms with Crippen LogP contribution in [-0.2, 0) is 0 Å². The highest BCUT2D eigenvalue weighted by Crippen LogP contribution is 2.48. The smallest absolute Gasteiger partial charge is 0.212 e. The number of nitrogens with zero attached hydrogens (tertiary/aromatic N) is 2. The SMILES string of the molecule is COc1ccc(-c2ccc([C@H]3C[C@@H]3CN3CCC[C@H]3C)cc2)cn1. The molecule has 3 nitrogen and oxygen atoms in total. The minimum absolute atomic E-state index is 0.660. The Bertz CT molecular complexity index is 680. The molecule has 0 N–H and O–H groups in total. The van der Waals surface area contributed by atoms with Gasteiger partial charge in [0.25, 0.3) is 0 Å². The van der Waals surface area contributed by atoms with Crippen LogP contribution in [-0.4, -0.2) is 36.1 Å². The molecular weight excluding hydrogens is 296 g/mol. The molecule has 3 heteroatoms. The summed E-state index contributed by atoms with van der Waals surface area (Å²) in [4.78, 5) is 6.97. The minimum Gasteiger partial charge on any atom is -0.481 e. The van der Waals surface area contributed by atoms with Gasteiger partial charge in [0.2, 0.25) is 5.88 Å². The van der Waals surface area contributed by atoms with Crippen LogP contribution in [0.2, 0.25) is 0 Å². The summed E-state index contributed by atoms with van der Waals surface area (Å²) in [6.45, 7) is 4.96. The van der Waals surface area contributed by atoms with E-state index in [1.165, 1.54) is 43.5 Å². The third-order valence-corrected chi connectivity index (χ3v) is 5.70. The van der Waals surface area contributed by atoms with Crippen LogP contribution < -0.4 is 4.74 Å². The number of methoxy groups -OCH3 is 1. The molecule has 0 amide bonds. The summed E-state index contributed by atoms with van der Waals surface area (Å²) in [5, 5.41) is 0. The molecule has 2 fully saturated rings. The van der Waals surface area contributed by atoms with Gasteiger partial charge in [-0.1, -0.05) is 24.3 Å². The van der Waals surface area contributed by atoms with Gasteiger partial charge in [0.05, 0.1) is 7.11 Å². The molecule has 0 spiro atoms. The zero-order valence-electron chi connectivity index (χ0n) is 14.6. The van der Waals surface area contributed by atoms with E-state index in [9.17, 15) is 0 Å². The second kappa shape index (κ2) is 6.56. The molecule has 24 heavy (non-hydrogen) atoms. The van der Waals surface area contributed by atoms with Crippen molar-refractivity contribution in [3.63, 3.8) is 0 Å². The van der Waals surface area contributed by atoms with Gasteiger partial charge in [-0.25, -0.2) is 4.98 Å². The first-order chi connectivity index (χ1) is 11.7. The minimum atomic E-state index is 0.660. The van der Waals surface area contributed by atoms with Crippen molar-refractivity contribution in [2.75, 3.05) is 20.2 Å². The molecule has 1 saturated heterocycles. The lowest BCUT2D eigenvalue weighted by Crippen LogP contribution is -2.29. The fourth-order valence-electron chi connectivity index (χ4n) is 4.02. The molecule has 2 heterocycles. The van der Waals surface area contributed by atoms with Crippen LogP contribution in [0, 0.1) is 5.92 Å². The maximum Gasteiger partial charge on any atom is 0.212 e. The highest BCUT2D eigenvalue weighted by atomic mass is 16.5. The van der Waals surface area contributed by atoms with Crippen LogP contribution in [0.1, 0.15) is 37.7 Å². The standard InChI is InChI=1S/C21H26N2O/c1-15-4-3-11-23(15)14-19-12-20(19)17-7-5-16(6-8-17)18-9-10-21(24-2)22-13-18/h5-10,13,15,19-20H,3-4,11-12,14H2,1-2H3/t15-,19-,20-/m1/s1. The van der Waals surface area contributed by atoms with Crippen LogP contribution >= 0.6 is 0 Å². The molecule has 4 rings (SSSR count). The molecular formula is C21H26N2O. The average molecular weight is 322 g/mol. The van der Waals surface area contributed by atoms with Gasteiger partial charge in [-0.05, 0) is 61.8 Å². The Morgan fingerprint density at radius 2 is 1.92 bits per heavy atom. The van der Waals surface area contributed by atoms with Gasteiger partial charge >= 0.3 is 0 Å². The maximum absolute atomic E-state index is 5.12. The van der Waals surface area contributed by atoms with Crippen molar-refractivity contribution >= 4 is 0 Å². The van der Waals surface area contributed by atoms with Crippen molar-refractivity contribution in [3.05, 3.63) is 48.2 Å². The number of rotatable bonds is 5. The molecule has 0 unspecified atom stereocenters. The zero-order chi connectivity index (χ0) is 16.5. The molecule has 3 atom stereocenters. The van der Waals surface area contributed by atoms with Crippen LogP contribution in [0.25, 0.3) is 11.1 Å². The van der Waals surface area contributed by atoms with Crippen LogP contribution in [0.4, 0.5) is 0 Å². The highest BCUT2D eigenvalue weighted by Gasteiger charge is 2.40. The van der Waals surface area contributed by atoms with Crippen LogP contribution in [0.5, 0.6) is 5.88 Å². The normalized spacial score (nSPS) is 26.5. The predicted octanol–water partition coefficient (Wildman–Crippen LogP) is 4.35. The van der Waals surface area contributed by atoms with E-state index in [1.54, 1.807) is 7.11 Å². The first kappa shape index (κ1) is 15.6. The second-order valence-electron chi connectivity index (χ2n) is 7.30. The van der Waals surface area contributed by atoms with Crippen molar-refractivity contribution in [1.82, 2.24) is 9.88 Å². The van der Waals surface area contributed by atoms with Crippen LogP contribution in [0.15, 0.2) is 42.6 Å². The average Bonchev–Trinajstić information content (AvgIpc) is 3.29. The topological polar surface area (TPSA) is 25.4 Å². The van der Waals surface area contributed by atoms with Crippen molar-refractivity contribution in [2.45, 2.75) is 38.1 Å². The predicted molar refractivity (Wildman–Crippen MR) is 97.3 cm³/mol. The zero-order valence-corrected chi connectivity index (χ0v) is 14.6. The van der Waals surface area contributed by atoms with Crippen molar-refractivity contribution in [1.29, 1.82) is 0 Å². The molecule has 0 bridgehead atoms. The lowest BCUT2D eigenvalue weighted by molar-refractivity contribution is 0.256. The maximum atomic E-state index is 5.12. The Morgan fingerprint density at radius 3 is 2.54 bits per heavy atom. The number of hydrogen-bond acceptors (Lipinski definition) is 3. The van der Waals surface area contributed by atoms with Gasteiger partial charge in [-0.2, -0.15) is 0 Å². The fourth-order valence-corrected chi connectivity index (χ4v) is 4.02. The van der Waals surface area contributed by atoms with Crippen molar-refractivity contribution in [2.24, 2.45) is 5.92 Å². The molecule has 0 radical (unpaired) electrons. The van der Waals surface area contributed by atoms with E-state index < -0.39 is 0 Å². The van der Waals surface area contributed by atoms with E-state index in [2.05, 4.69) is 47.1 Å². The largest absolute Gasteiger partial charge is 0.481 e. The second-order valence-corrected chi connectivity index (χ2v) is 7.30. The lowest BCUT2D eigenvalue weighted by Gasteiger charge is -2.20. The number of likely N-dealkylation sites (tertiary alicyclic amines) is 1. The monoisotopic (exact) mass is 322 g/mol. The van der Waals surface area contributed by atoms with E-state index >= 15 is 0 Å². The van der Waals surface area contributed by atoms with E-state index in [0.29, 0.717) is 5.88 Å². The molecule has 126 valence electrons. The van der Waals surface area contributed by atoms with Gasteiger partial charge in [-0.15, -0.1) is 0 Å². The third kappa shape index (κ3) is 3.18. The molecule has 2 aliphatic rings. The van der Waals surface area contributed by atoms with Crippen molar-refractivity contribution < 1.29 is 4.74 Å². The summed E-state index contributed by atoms with van der Waals surface area (Å²) in [6, 6.07) is 13.8. The Balaban J connectivity index is 1.39. The lowest BCUT2D eigenvalue weighted by atomic mass is 10.0. The number of ether oxygens (including phenoxy) is 1. The van der Waals surface area contributed by atoms with E-state index in [1.807, 2.05) is 12.3 Å². The summed E-state index contributed by atoms with van der Waals surface area (Å²) in [5.41, 5.74) is 3.86. The number of aromatic nitrogens is 1. The Hall–Kier alpha value is -1.87. The van der Waals surface area contributed by atoms with E-state index in [0.717, 1.165) is 23.4 Å². The van der Waals surface area contributed by atoms with Crippen LogP contribution in [0.3, 0.4) is 0 Å². The van der Waals surface area contributed by atoms with Gasteiger partial charge in [0.1, 0.15) is 0 Å². The number of pyridine rings is 1. The summed E-state index contributed by atoms with van der Waals surface area (Å²) in [5.74, 6) is 2.28. The molecule has 2 aromatic rings. The van der Waals surface area contributed by atoms with Crippen molar-refractivity contribution in [3.8, 4) is 17.0 Å². The van der Waals surface area contributed by atoms with Gasteiger partial charge in [0.15, 0.2) is 0 Å². The van der Waals surface area contributed by atoms with Gasteiger partial charge in [0, 0.05) is 30.4 Å². The Labute approximate surface area is 144 Å². The first-order valence-electron chi connectivity index (χ1n) is 9.09. The summed E-state index contributed by atoms with van der Waals surface area (Å²) < 4.78 is 5.12. The van der Waals surface area contributed by atoms with E-state index in [-0.39, 0.29) is 0 Å². The Morgan fingerprint density at radius 1 is 1.12 bits per heavy atom. The molecule has 1 saturated carbocycles. The quantitative estimate of drug-likeness (QED) is 0.818. The number of hydrogen-bond donors (Lipinski definition) is 0.